The first kappa shape index (κ1) is 21.4. The zero-order chi connectivity index (χ0) is 21.6. The first-order chi connectivity index (χ1) is 15.1. The summed E-state index contributed by atoms with van der Waals surface area (Å²) in [5.74, 6) is 3.72. The van der Waals surface area contributed by atoms with E-state index in [1.807, 2.05) is 24.3 Å². The Morgan fingerprint density at radius 1 is 1.06 bits per heavy atom. The number of benzene rings is 1. The normalized spacial score (nSPS) is 19.9. The van der Waals surface area contributed by atoms with Gasteiger partial charge in [-0.25, -0.2) is 9.97 Å². The van der Waals surface area contributed by atoms with Crippen molar-refractivity contribution in [1.82, 2.24) is 15.3 Å². The van der Waals surface area contributed by atoms with Gasteiger partial charge in [0.2, 0.25) is 5.91 Å². The zero-order valence-electron chi connectivity index (χ0n) is 18.6. The molecule has 1 aromatic carbocycles. The Labute approximate surface area is 184 Å². The lowest BCUT2D eigenvalue weighted by atomic mass is 9.95. The molecular formula is C24H33N5O2. The summed E-state index contributed by atoms with van der Waals surface area (Å²) in [6.45, 7) is 6.66. The molecule has 4 rings (SSSR count). The van der Waals surface area contributed by atoms with Crippen LogP contribution in [-0.4, -0.2) is 49.2 Å². The number of nitrogens with one attached hydrogen (secondary N) is 1. The minimum atomic E-state index is 0.0544. The van der Waals surface area contributed by atoms with Gasteiger partial charge < -0.3 is 19.9 Å². The van der Waals surface area contributed by atoms with E-state index >= 15 is 0 Å². The van der Waals surface area contributed by atoms with Crippen molar-refractivity contribution in [2.24, 2.45) is 11.8 Å². The van der Waals surface area contributed by atoms with Gasteiger partial charge in [-0.2, -0.15) is 0 Å². The van der Waals surface area contributed by atoms with E-state index in [0.717, 1.165) is 62.0 Å². The highest BCUT2D eigenvalue weighted by Gasteiger charge is 2.26. The van der Waals surface area contributed by atoms with Crippen molar-refractivity contribution in [1.29, 1.82) is 0 Å². The number of carbonyl (C=O) groups excluding carboxylic acids is 1. The van der Waals surface area contributed by atoms with E-state index in [4.69, 9.17) is 4.74 Å². The van der Waals surface area contributed by atoms with Crippen LogP contribution in [-0.2, 0) is 11.3 Å². The third-order valence-electron chi connectivity index (χ3n) is 6.43. The standard InChI is InChI=1S/C24H33N5O2/c1-18-4-3-11-29(16-18)23-14-22(26-17-27-23)28-12-9-20(10-13-28)24(30)25-15-19-5-7-21(31-2)8-6-19/h5-8,14,17-18,20H,3-4,9-13,15-16H2,1-2H3,(H,25,30). The van der Waals surface area contributed by atoms with Crippen LogP contribution in [0, 0.1) is 11.8 Å². The fourth-order valence-corrected chi connectivity index (χ4v) is 4.53. The second kappa shape index (κ2) is 9.98. The van der Waals surface area contributed by atoms with E-state index in [1.165, 1.54) is 12.8 Å². The predicted octanol–water partition coefficient (Wildman–Crippen LogP) is 3.25. The van der Waals surface area contributed by atoms with E-state index in [1.54, 1.807) is 13.4 Å². The number of piperidine rings is 2. The van der Waals surface area contributed by atoms with Crippen LogP contribution in [0.15, 0.2) is 36.7 Å². The molecule has 0 saturated carbocycles. The van der Waals surface area contributed by atoms with E-state index < -0.39 is 0 Å². The second-order valence-electron chi connectivity index (χ2n) is 8.76. The van der Waals surface area contributed by atoms with Crippen molar-refractivity contribution < 1.29 is 9.53 Å². The number of amides is 1. The van der Waals surface area contributed by atoms with Gasteiger partial charge in [0.05, 0.1) is 7.11 Å². The van der Waals surface area contributed by atoms with Crippen LogP contribution in [0.5, 0.6) is 5.75 Å². The lowest BCUT2D eigenvalue weighted by Crippen LogP contribution is -2.41. The minimum Gasteiger partial charge on any atom is -0.497 e. The van der Waals surface area contributed by atoms with E-state index in [-0.39, 0.29) is 11.8 Å². The molecule has 0 spiro atoms. The largest absolute Gasteiger partial charge is 0.497 e. The lowest BCUT2D eigenvalue weighted by Gasteiger charge is -2.34. The van der Waals surface area contributed by atoms with Gasteiger partial charge in [0, 0.05) is 44.7 Å². The Bertz CT molecular complexity index is 865. The molecule has 166 valence electrons. The first-order valence-corrected chi connectivity index (χ1v) is 11.3. The molecule has 2 aromatic rings. The van der Waals surface area contributed by atoms with Gasteiger partial charge in [0.1, 0.15) is 23.7 Å². The maximum absolute atomic E-state index is 12.6. The number of nitrogens with zero attached hydrogens (tertiary/aromatic N) is 4. The average molecular weight is 424 g/mol. The van der Waals surface area contributed by atoms with Crippen molar-refractivity contribution in [2.75, 3.05) is 43.1 Å². The molecule has 3 heterocycles. The molecule has 31 heavy (non-hydrogen) atoms. The van der Waals surface area contributed by atoms with Crippen molar-refractivity contribution >= 4 is 17.5 Å². The highest BCUT2D eigenvalue weighted by Crippen LogP contribution is 2.26. The molecule has 1 amide bonds. The average Bonchev–Trinajstić information content (AvgIpc) is 2.83. The van der Waals surface area contributed by atoms with Gasteiger partial charge >= 0.3 is 0 Å². The van der Waals surface area contributed by atoms with E-state index in [9.17, 15) is 4.79 Å². The molecule has 0 bridgehead atoms. The number of ether oxygens (including phenoxy) is 1. The fraction of sp³-hybridized carbons (Fsp3) is 0.542. The number of aromatic nitrogens is 2. The fourth-order valence-electron chi connectivity index (χ4n) is 4.53. The van der Waals surface area contributed by atoms with Crippen LogP contribution in [0.4, 0.5) is 11.6 Å². The smallest absolute Gasteiger partial charge is 0.223 e. The number of rotatable bonds is 6. The number of methoxy groups -OCH3 is 1. The molecular weight excluding hydrogens is 390 g/mol. The monoisotopic (exact) mass is 423 g/mol. The van der Waals surface area contributed by atoms with Crippen LogP contribution in [0.2, 0.25) is 0 Å². The minimum absolute atomic E-state index is 0.0544. The highest BCUT2D eigenvalue weighted by atomic mass is 16.5. The molecule has 0 aliphatic carbocycles. The van der Waals surface area contributed by atoms with Gasteiger partial charge in [-0.15, -0.1) is 0 Å². The predicted molar refractivity (Wildman–Crippen MR) is 122 cm³/mol. The van der Waals surface area contributed by atoms with Crippen LogP contribution in [0.1, 0.15) is 38.2 Å². The summed E-state index contributed by atoms with van der Waals surface area (Å²) in [6.07, 6.45) is 5.88. The van der Waals surface area contributed by atoms with Gasteiger partial charge in [-0.1, -0.05) is 19.1 Å². The summed E-state index contributed by atoms with van der Waals surface area (Å²) >= 11 is 0. The van der Waals surface area contributed by atoms with Gasteiger partial charge in [0.25, 0.3) is 0 Å². The Kier molecular flexibility index (Phi) is 6.89. The number of carbonyl (C=O) groups is 1. The van der Waals surface area contributed by atoms with E-state index in [2.05, 4.69) is 38.1 Å². The topological polar surface area (TPSA) is 70.6 Å². The summed E-state index contributed by atoms with van der Waals surface area (Å²) in [5.41, 5.74) is 1.08. The Hall–Kier alpha value is -2.83. The van der Waals surface area contributed by atoms with Gasteiger partial charge in [0.15, 0.2) is 0 Å². The quantitative estimate of drug-likeness (QED) is 0.769. The molecule has 1 atom stereocenters. The Balaban J connectivity index is 1.28. The van der Waals surface area contributed by atoms with Crippen LogP contribution in [0.25, 0.3) is 0 Å². The third kappa shape index (κ3) is 5.46. The highest BCUT2D eigenvalue weighted by molar-refractivity contribution is 5.79. The van der Waals surface area contributed by atoms with Crippen LogP contribution in [0.3, 0.4) is 0 Å². The summed E-state index contributed by atoms with van der Waals surface area (Å²) in [5, 5.41) is 3.09. The first-order valence-electron chi connectivity index (χ1n) is 11.3. The van der Waals surface area contributed by atoms with Crippen molar-refractivity contribution in [3.8, 4) is 5.75 Å². The Morgan fingerprint density at radius 3 is 2.45 bits per heavy atom. The molecule has 2 aliphatic rings. The molecule has 7 heteroatoms. The summed E-state index contributed by atoms with van der Waals surface area (Å²) in [4.78, 5) is 26.3. The molecule has 1 unspecified atom stereocenters. The molecule has 2 fully saturated rings. The maximum atomic E-state index is 12.6. The summed E-state index contributed by atoms with van der Waals surface area (Å²) < 4.78 is 5.18. The van der Waals surface area contributed by atoms with Crippen LogP contribution >= 0.6 is 0 Å². The van der Waals surface area contributed by atoms with E-state index in [0.29, 0.717) is 12.5 Å². The third-order valence-corrected chi connectivity index (χ3v) is 6.43. The number of anilines is 2. The van der Waals surface area contributed by atoms with Crippen LogP contribution < -0.4 is 19.9 Å². The maximum Gasteiger partial charge on any atom is 0.223 e. The van der Waals surface area contributed by atoms with Crippen molar-refractivity contribution in [3.63, 3.8) is 0 Å². The molecule has 1 aromatic heterocycles. The van der Waals surface area contributed by atoms with Gasteiger partial charge in [-0.05, 0) is 49.3 Å². The zero-order valence-corrected chi connectivity index (χ0v) is 18.6. The van der Waals surface area contributed by atoms with Crippen molar-refractivity contribution in [2.45, 2.75) is 39.2 Å². The number of hydrogen-bond acceptors (Lipinski definition) is 6. The molecule has 0 radical (unpaired) electrons. The summed E-state index contributed by atoms with van der Waals surface area (Å²) in [6, 6.07) is 9.91. The Morgan fingerprint density at radius 2 is 1.77 bits per heavy atom. The van der Waals surface area contributed by atoms with Gasteiger partial charge in [-0.3, -0.25) is 4.79 Å². The lowest BCUT2D eigenvalue weighted by molar-refractivity contribution is -0.125. The SMILES string of the molecule is COc1ccc(CNC(=O)C2CCN(c3cc(N4CCCC(C)C4)ncn3)CC2)cc1. The summed E-state index contributed by atoms with van der Waals surface area (Å²) in [7, 11) is 1.65. The molecule has 2 saturated heterocycles. The second-order valence-corrected chi connectivity index (χ2v) is 8.76. The number of hydrogen-bond donors (Lipinski definition) is 1. The molecule has 7 nitrogen and oxygen atoms in total. The molecule has 1 N–H and O–H groups in total. The molecule has 2 aliphatic heterocycles. The van der Waals surface area contributed by atoms with Crippen molar-refractivity contribution in [3.05, 3.63) is 42.2 Å².